The number of nitrogens with one attached hydrogen (secondary N) is 1. The van der Waals surface area contributed by atoms with E-state index in [1.54, 1.807) is 35.1 Å². The molecule has 6 nitrogen and oxygen atoms in total. The standard InChI is InChI=1S/C21H15Cl3N4O2/c1-12-5-7-13(8-6-12)19-9-18(27-30-19)21(29)25-20-17(24)11-28(26-20)10-14-15(22)3-2-4-16(14)23/h2-9,11H,10H2,1H3,(H,25,26,29). The van der Waals surface area contributed by atoms with E-state index in [0.29, 0.717) is 27.9 Å². The van der Waals surface area contributed by atoms with Gasteiger partial charge >= 0.3 is 0 Å². The van der Waals surface area contributed by atoms with E-state index in [1.165, 1.54) is 0 Å². The van der Waals surface area contributed by atoms with Crippen molar-refractivity contribution in [2.45, 2.75) is 13.5 Å². The molecule has 0 unspecified atom stereocenters. The molecule has 0 saturated carbocycles. The molecular formula is C21H15Cl3N4O2. The number of halogens is 3. The van der Waals surface area contributed by atoms with Crippen LogP contribution in [0.5, 0.6) is 0 Å². The predicted molar refractivity (Wildman–Crippen MR) is 117 cm³/mol. The van der Waals surface area contributed by atoms with Crippen LogP contribution in [0.25, 0.3) is 11.3 Å². The molecule has 0 bridgehead atoms. The molecule has 0 aliphatic carbocycles. The number of carbonyl (C=O) groups is 1. The molecule has 2 aromatic carbocycles. The van der Waals surface area contributed by atoms with Gasteiger partial charge in [0.05, 0.1) is 6.54 Å². The van der Waals surface area contributed by atoms with Gasteiger partial charge in [-0.3, -0.25) is 9.48 Å². The monoisotopic (exact) mass is 460 g/mol. The summed E-state index contributed by atoms with van der Waals surface area (Å²) in [5.41, 5.74) is 2.77. The number of hydrogen-bond acceptors (Lipinski definition) is 4. The van der Waals surface area contributed by atoms with Gasteiger partial charge in [0.2, 0.25) is 0 Å². The maximum atomic E-state index is 12.6. The fraction of sp³-hybridized carbons (Fsp3) is 0.0952. The van der Waals surface area contributed by atoms with Crippen LogP contribution in [-0.4, -0.2) is 20.8 Å². The zero-order valence-corrected chi connectivity index (χ0v) is 18.0. The number of hydrogen-bond donors (Lipinski definition) is 1. The number of anilines is 1. The molecule has 1 N–H and O–H groups in total. The number of aryl methyl sites for hydroxylation is 1. The number of rotatable bonds is 5. The van der Waals surface area contributed by atoms with Gasteiger partial charge < -0.3 is 9.84 Å². The minimum atomic E-state index is -0.486. The second kappa shape index (κ2) is 8.52. The summed E-state index contributed by atoms with van der Waals surface area (Å²) in [7, 11) is 0. The molecule has 0 aliphatic rings. The van der Waals surface area contributed by atoms with Gasteiger partial charge in [-0.1, -0.05) is 75.9 Å². The molecule has 30 heavy (non-hydrogen) atoms. The molecule has 0 atom stereocenters. The van der Waals surface area contributed by atoms with Crippen molar-refractivity contribution in [3.63, 3.8) is 0 Å². The van der Waals surface area contributed by atoms with Crippen molar-refractivity contribution in [1.29, 1.82) is 0 Å². The predicted octanol–water partition coefficient (Wildman–Crippen LogP) is 6.11. The summed E-state index contributed by atoms with van der Waals surface area (Å²) in [4.78, 5) is 12.6. The summed E-state index contributed by atoms with van der Waals surface area (Å²) in [5.74, 6) is 0.204. The summed E-state index contributed by atoms with van der Waals surface area (Å²) < 4.78 is 6.84. The van der Waals surface area contributed by atoms with Crippen LogP contribution in [0.2, 0.25) is 15.1 Å². The van der Waals surface area contributed by atoms with Gasteiger partial charge in [-0.25, -0.2) is 0 Å². The Kier molecular flexibility index (Phi) is 5.81. The largest absolute Gasteiger partial charge is 0.355 e. The summed E-state index contributed by atoms with van der Waals surface area (Å²) in [6.07, 6.45) is 1.58. The van der Waals surface area contributed by atoms with Gasteiger partial charge in [0.1, 0.15) is 5.02 Å². The van der Waals surface area contributed by atoms with Crippen molar-refractivity contribution in [2.24, 2.45) is 0 Å². The van der Waals surface area contributed by atoms with Gasteiger partial charge in [0, 0.05) is 33.4 Å². The summed E-state index contributed by atoms with van der Waals surface area (Å²) in [6.45, 7) is 2.29. The maximum absolute atomic E-state index is 12.6. The lowest BCUT2D eigenvalue weighted by molar-refractivity contribution is 0.101. The molecule has 2 heterocycles. The number of carbonyl (C=O) groups excluding carboxylic acids is 1. The van der Waals surface area contributed by atoms with Crippen molar-refractivity contribution in [1.82, 2.24) is 14.9 Å². The molecule has 4 rings (SSSR count). The maximum Gasteiger partial charge on any atom is 0.279 e. The quantitative estimate of drug-likeness (QED) is 0.389. The second-order valence-electron chi connectivity index (χ2n) is 6.62. The minimum absolute atomic E-state index is 0.116. The third kappa shape index (κ3) is 4.36. The molecule has 152 valence electrons. The first-order valence-corrected chi connectivity index (χ1v) is 10.0. The van der Waals surface area contributed by atoms with Gasteiger partial charge in [-0.15, -0.1) is 0 Å². The Morgan fingerprint density at radius 2 is 1.77 bits per heavy atom. The Hall–Kier alpha value is -2.80. The van der Waals surface area contributed by atoms with Gasteiger partial charge in [-0.05, 0) is 19.1 Å². The highest BCUT2D eigenvalue weighted by Crippen LogP contribution is 2.27. The molecule has 0 saturated heterocycles. The third-order valence-electron chi connectivity index (χ3n) is 4.41. The zero-order valence-electron chi connectivity index (χ0n) is 15.7. The molecule has 2 aromatic heterocycles. The van der Waals surface area contributed by atoms with Crippen molar-refractivity contribution in [2.75, 3.05) is 5.32 Å². The van der Waals surface area contributed by atoms with Crippen molar-refractivity contribution in [3.8, 4) is 11.3 Å². The van der Waals surface area contributed by atoms with E-state index >= 15 is 0 Å². The van der Waals surface area contributed by atoms with Crippen LogP contribution >= 0.6 is 34.8 Å². The highest BCUT2D eigenvalue weighted by molar-refractivity contribution is 6.36. The Labute approximate surface area is 187 Å². The average Bonchev–Trinajstić information content (AvgIpc) is 3.33. The van der Waals surface area contributed by atoms with E-state index in [2.05, 4.69) is 15.6 Å². The fourth-order valence-corrected chi connectivity index (χ4v) is 3.53. The van der Waals surface area contributed by atoms with E-state index in [1.807, 2.05) is 31.2 Å². The Morgan fingerprint density at radius 3 is 2.47 bits per heavy atom. The first-order valence-electron chi connectivity index (χ1n) is 8.91. The number of aromatic nitrogens is 3. The lowest BCUT2D eigenvalue weighted by Gasteiger charge is -2.06. The molecule has 0 fully saturated rings. The van der Waals surface area contributed by atoms with E-state index in [4.69, 9.17) is 39.3 Å². The summed E-state index contributed by atoms with van der Waals surface area (Å²) in [6, 6.07) is 14.5. The topological polar surface area (TPSA) is 73.0 Å². The van der Waals surface area contributed by atoms with E-state index < -0.39 is 5.91 Å². The van der Waals surface area contributed by atoms with Gasteiger partial charge in [0.25, 0.3) is 5.91 Å². The highest BCUT2D eigenvalue weighted by atomic mass is 35.5. The average molecular weight is 462 g/mol. The second-order valence-corrected chi connectivity index (χ2v) is 7.84. The Balaban J connectivity index is 1.50. The smallest absolute Gasteiger partial charge is 0.279 e. The van der Waals surface area contributed by atoms with Crippen LogP contribution < -0.4 is 5.32 Å². The van der Waals surface area contributed by atoms with E-state index in [-0.39, 0.29) is 16.5 Å². The number of amides is 1. The van der Waals surface area contributed by atoms with Gasteiger partial charge in [0.15, 0.2) is 17.3 Å². The van der Waals surface area contributed by atoms with Crippen LogP contribution in [0, 0.1) is 6.92 Å². The number of benzene rings is 2. The third-order valence-corrected chi connectivity index (χ3v) is 5.39. The molecular weight excluding hydrogens is 447 g/mol. The molecule has 4 aromatic rings. The normalized spacial score (nSPS) is 10.9. The Morgan fingerprint density at radius 1 is 1.07 bits per heavy atom. The van der Waals surface area contributed by atoms with Crippen molar-refractivity contribution < 1.29 is 9.32 Å². The summed E-state index contributed by atoms with van der Waals surface area (Å²) in [5, 5.41) is 12.1. The van der Waals surface area contributed by atoms with E-state index in [0.717, 1.165) is 11.1 Å². The zero-order chi connectivity index (χ0) is 21.3. The van der Waals surface area contributed by atoms with Crippen LogP contribution in [0.15, 0.2) is 59.3 Å². The van der Waals surface area contributed by atoms with Gasteiger partial charge in [-0.2, -0.15) is 5.10 Å². The summed E-state index contributed by atoms with van der Waals surface area (Å²) >= 11 is 18.6. The van der Waals surface area contributed by atoms with Crippen molar-refractivity contribution in [3.05, 3.63) is 86.6 Å². The first kappa shape index (κ1) is 20.5. The minimum Gasteiger partial charge on any atom is -0.355 e. The lowest BCUT2D eigenvalue weighted by atomic mass is 10.1. The Bertz CT molecular complexity index is 1200. The highest BCUT2D eigenvalue weighted by Gasteiger charge is 2.18. The van der Waals surface area contributed by atoms with Crippen LogP contribution in [0.3, 0.4) is 0 Å². The lowest BCUT2D eigenvalue weighted by Crippen LogP contribution is -2.13. The molecule has 0 radical (unpaired) electrons. The molecule has 0 aliphatic heterocycles. The molecule has 9 heteroatoms. The first-order chi connectivity index (χ1) is 14.4. The van der Waals surface area contributed by atoms with Crippen molar-refractivity contribution >= 4 is 46.5 Å². The SMILES string of the molecule is Cc1ccc(-c2cc(C(=O)Nc3nn(Cc4c(Cl)cccc4Cl)cc3Cl)no2)cc1. The number of nitrogens with zero attached hydrogens (tertiary/aromatic N) is 3. The molecule has 0 spiro atoms. The van der Waals surface area contributed by atoms with Crippen LogP contribution in [0.1, 0.15) is 21.6 Å². The van der Waals surface area contributed by atoms with Crippen LogP contribution in [0.4, 0.5) is 5.82 Å². The van der Waals surface area contributed by atoms with Crippen LogP contribution in [-0.2, 0) is 6.54 Å². The molecule has 1 amide bonds. The fourth-order valence-electron chi connectivity index (χ4n) is 2.82. The van der Waals surface area contributed by atoms with E-state index in [9.17, 15) is 4.79 Å².